The van der Waals surface area contributed by atoms with Crippen LogP contribution in [0.2, 0.25) is 0 Å². The first-order valence-electron chi connectivity index (χ1n) is 10.1. The van der Waals surface area contributed by atoms with E-state index >= 15 is 0 Å². The molecule has 6 nitrogen and oxygen atoms in total. The summed E-state index contributed by atoms with van der Waals surface area (Å²) >= 11 is 0. The minimum absolute atomic E-state index is 0.0304. The van der Waals surface area contributed by atoms with Crippen molar-refractivity contribution in [3.63, 3.8) is 0 Å². The average molecular weight is 435 g/mol. The maximum Gasteiger partial charge on any atom is 0.300 e. The van der Waals surface area contributed by atoms with Gasteiger partial charge in [0.2, 0.25) is 0 Å². The fourth-order valence-electron chi connectivity index (χ4n) is 3.85. The minimum Gasteiger partial charge on any atom is -0.507 e. The van der Waals surface area contributed by atoms with Gasteiger partial charge >= 0.3 is 0 Å². The number of Topliss-reactive ketones (excluding diaryl/α,β-unsaturated/α-hetero) is 1. The number of rotatable bonds is 5. The molecule has 0 radical (unpaired) electrons. The van der Waals surface area contributed by atoms with E-state index in [1.54, 1.807) is 24.3 Å². The Balaban J connectivity index is 1.91. The molecular weight excluding hydrogens is 413 g/mol. The fourth-order valence-corrected chi connectivity index (χ4v) is 3.85. The summed E-state index contributed by atoms with van der Waals surface area (Å²) in [5.41, 5.74) is 1.31. The quantitative estimate of drug-likeness (QED) is 0.339. The molecule has 0 saturated carbocycles. The number of benzene rings is 2. The van der Waals surface area contributed by atoms with Crippen molar-refractivity contribution in [2.45, 2.75) is 25.8 Å². The monoisotopic (exact) mass is 435 g/mol. The lowest BCUT2D eigenvalue weighted by Gasteiger charge is -2.24. The average Bonchev–Trinajstić information content (AvgIpc) is 3.40. The second-order valence-electron chi connectivity index (χ2n) is 7.78. The molecule has 1 atom stereocenters. The Hall–Kier alpha value is -3.87. The normalized spacial score (nSPS) is 17.9. The molecule has 0 spiro atoms. The van der Waals surface area contributed by atoms with Crippen LogP contribution in [0.5, 0.6) is 5.75 Å². The molecule has 2 aromatic carbocycles. The van der Waals surface area contributed by atoms with Crippen LogP contribution in [0.1, 0.15) is 42.7 Å². The van der Waals surface area contributed by atoms with Crippen LogP contribution in [0.4, 0.5) is 10.1 Å². The predicted molar refractivity (Wildman–Crippen MR) is 117 cm³/mol. The lowest BCUT2D eigenvalue weighted by atomic mass is 9.98. The summed E-state index contributed by atoms with van der Waals surface area (Å²) in [7, 11) is 1.36. The summed E-state index contributed by atoms with van der Waals surface area (Å²) in [5, 5.41) is 11.1. The number of methoxy groups -OCH3 is 1. The molecule has 1 saturated heterocycles. The van der Waals surface area contributed by atoms with Crippen molar-refractivity contribution in [1.82, 2.24) is 0 Å². The molecule has 0 aliphatic carbocycles. The zero-order chi connectivity index (χ0) is 23.0. The number of hydrogen-bond acceptors (Lipinski definition) is 5. The van der Waals surface area contributed by atoms with E-state index in [1.807, 2.05) is 12.1 Å². The second-order valence-corrected chi connectivity index (χ2v) is 7.78. The van der Waals surface area contributed by atoms with Gasteiger partial charge in [-0.15, -0.1) is 0 Å². The third kappa shape index (κ3) is 3.56. The number of carbonyl (C=O) groups excluding carboxylic acids is 2. The van der Waals surface area contributed by atoms with Crippen molar-refractivity contribution >= 4 is 23.1 Å². The van der Waals surface area contributed by atoms with Gasteiger partial charge in [-0.05, 0) is 53.9 Å². The Morgan fingerprint density at radius 2 is 1.84 bits per heavy atom. The number of amides is 1. The van der Waals surface area contributed by atoms with E-state index < -0.39 is 29.3 Å². The number of anilines is 1. The molecule has 1 unspecified atom stereocenters. The zero-order valence-corrected chi connectivity index (χ0v) is 17.8. The molecule has 32 heavy (non-hydrogen) atoms. The number of aliphatic hydroxyl groups is 1. The summed E-state index contributed by atoms with van der Waals surface area (Å²) < 4.78 is 24.7. The third-order valence-electron chi connectivity index (χ3n) is 5.51. The van der Waals surface area contributed by atoms with Gasteiger partial charge in [0.05, 0.1) is 24.5 Å². The van der Waals surface area contributed by atoms with Gasteiger partial charge in [0.25, 0.3) is 11.7 Å². The molecule has 1 aromatic heterocycles. The lowest BCUT2D eigenvalue weighted by molar-refractivity contribution is -0.132. The Kier molecular flexibility index (Phi) is 5.57. The van der Waals surface area contributed by atoms with Crippen molar-refractivity contribution in [1.29, 1.82) is 0 Å². The van der Waals surface area contributed by atoms with E-state index in [4.69, 9.17) is 9.15 Å². The van der Waals surface area contributed by atoms with Crippen LogP contribution in [-0.4, -0.2) is 23.9 Å². The zero-order valence-electron chi connectivity index (χ0n) is 17.8. The van der Waals surface area contributed by atoms with E-state index in [2.05, 4.69) is 13.8 Å². The number of ether oxygens (including phenoxy) is 1. The van der Waals surface area contributed by atoms with Crippen LogP contribution in [0.15, 0.2) is 70.9 Å². The van der Waals surface area contributed by atoms with Gasteiger partial charge in [0, 0.05) is 5.69 Å². The first-order chi connectivity index (χ1) is 15.3. The molecule has 4 rings (SSSR count). The van der Waals surface area contributed by atoms with Gasteiger partial charge in [0.15, 0.2) is 0 Å². The number of nitrogens with zero attached hydrogens (tertiary/aromatic N) is 1. The number of carbonyl (C=O) groups is 2. The van der Waals surface area contributed by atoms with E-state index in [1.165, 1.54) is 30.4 Å². The Morgan fingerprint density at radius 1 is 1.12 bits per heavy atom. The first kappa shape index (κ1) is 21.4. The largest absolute Gasteiger partial charge is 0.507 e. The molecule has 0 bridgehead atoms. The highest BCUT2D eigenvalue weighted by molar-refractivity contribution is 6.51. The summed E-state index contributed by atoms with van der Waals surface area (Å²) in [4.78, 5) is 27.4. The fraction of sp³-hybridized carbons (Fsp3) is 0.200. The van der Waals surface area contributed by atoms with Gasteiger partial charge in [-0.2, -0.15) is 0 Å². The highest BCUT2D eigenvalue weighted by atomic mass is 19.1. The SMILES string of the molecule is COc1ccc(F)cc1/C(O)=C1/C(=O)C(=O)N(c2ccc(C(C)C)cc2)C1c1ccco1. The van der Waals surface area contributed by atoms with Crippen LogP contribution < -0.4 is 9.64 Å². The number of halogens is 1. The maximum atomic E-state index is 13.9. The summed E-state index contributed by atoms with van der Waals surface area (Å²) in [6.07, 6.45) is 1.42. The van der Waals surface area contributed by atoms with Gasteiger partial charge < -0.3 is 14.3 Å². The summed E-state index contributed by atoms with van der Waals surface area (Å²) in [6.45, 7) is 4.10. The summed E-state index contributed by atoms with van der Waals surface area (Å²) in [5.74, 6) is -2.14. The van der Waals surface area contributed by atoms with Crippen molar-refractivity contribution in [2.75, 3.05) is 12.0 Å². The molecule has 1 aliphatic heterocycles. The summed E-state index contributed by atoms with van der Waals surface area (Å²) in [6, 6.07) is 13.0. The minimum atomic E-state index is -1.03. The number of aliphatic hydroxyl groups excluding tert-OH is 1. The highest BCUT2D eigenvalue weighted by Crippen LogP contribution is 2.43. The molecule has 3 aromatic rings. The molecule has 1 fully saturated rings. The molecule has 2 heterocycles. The number of ketones is 1. The van der Waals surface area contributed by atoms with Crippen molar-refractivity contribution in [3.05, 3.63) is 89.1 Å². The third-order valence-corrected chi connectivity index (χ3v) is 5.51. The number of furan rings is 1. The molecular formula is C25H22FNO5. The van der Waals surface area contributed by atoms with Crippen LogP contribution in [0.25, 0.3) is 5.76 Å². The Morgan fingerprint density at radius 3 is 2.44 bits per heavy atom. The van der Waals surface area contributed by atoms with Crippen molar-refractivity contribution < 1.29 is 28.2 Å². The number of hydrogen-bond donors (Lipinski definition) is 1. The standard InChI is InChI=1S/C25H22FNO5/c1-14(2)15-6-9-17(10-7-15)27-22(20-5-4-12-32-20)21(24(29)25(27)30)23(28)18-13-16(26)8-11-19(18)31-3/h4-14,22,28H,1-3H3/b23-21-. The maximum absolute atomic E-state index is 13.9. The molecule has 1 amide bonds. The Bertz CT molecular complexity index is 1200. The molecule has 1 aliphatic rings. The van der Waals surface area contributed by atoms with Gasteiger partial charge in [-0.25, -0.2) is 4.39 Å². The van der Waals surface area contributed by atoms with Crippen LogP contribution in [0, 0.1) is 5.82 Å². The molecule has 7 heteroatoms. The predicted octanol–water partition coefficient (Wildman–Crippen LogP) is 5.18. The second kappa shape index (κ2) is 8.34. The van der Waals surface area contributed by atoms with E-state index in [0.29, 0.717) is 11.6 Å². The highest BCUT2D eigenvalue weighted by Gasteiger charge is 2.48. The van der Waals surface area contributed by atoms with Gasteiger partial charge in [-0.3, -0.25) is 14.5 Å². The van der Waals surface area contributed by atoms with Crippen molar-refractivity contribution in [3.8, 4) is 5.75 Å². The van der Waals surface area contributed by atoms with Gasteiger partial charge in [0.1, 0.15) is 29.1 Å². The van der Waals surface area contributed by atoms with E-state index in [9.17, 15) is 19.1 Å². The van der Waals surface area contributed by atoms with Crippen LogP contribution in [-0.2, 0) is 9.59 Å². The van der Waals surface area contributed by atoms with Crippen LogP contribution >= 0.6 is 0 Å². The smallest absolute Gasteiger partial charge is 0.300 e. The molecule has 164 valence electrons. The van der Waals surface area contributed by atoms with E-state index in [-0.39, 0.29) is 22.6 Å². The lowest BCUT2D eigenvalue weighted by Crippen LogP contribution is -2.29. The van der Waals surface area contributed by atoms with Crippen molar-refractivity contribution in [2.24, 2.45) is 0 Å². The first-order valence-corrected chi connectivity index (χ1v) is 10.1. The topological polar surface area (TPSA) is 80.0 Å². The Labute approximate surface area is 184 Å². The van der Waals surface area contributed by atoms with E-state index in [0.717, 1.165) is 11.6 Å². The molecule has 1 N–H and O–H groups in total. The van der Waals surface area contributed by atoms with Gasteiger partial charge in [-0.1, -0.05) is 26.0 Å². The van der Waals surface area contributed by atoms with Crippen LogP contribution in [0.3, 0.4) is 0 Å².